The summed E-state index contributed by atoms with van der Waals surface area (Å²) in [6, 6.07) is 0.526. The minimum absolute atomic E-state index is 0. The van der Waals surface area contributed by atoms with E-state index < -0.39 is 0 Å². The zero-order valence-electron chi connectivity index (χ0n) is 15.6. The fourth-order valence-corrected chi connectivity index (χ4v) is 3.32. The molecule has 1 unspecified atom stereocenters. The van der Waals surface area contributed by atoms with Crippen LogP contribution in [-0.4, -0.2) is 86.1 Å². The van der Waals surface area contributed by atoms with Crippen molar-refractivity contribution in [1.29, 1.82) is 0 Å². The van der Waals surface area contributed by atoms with E-state index in [-0.39, 0.29) is 24.0 Å². The molecule has 0 aromatic rings. The maximum Gasteiger partial charge on any atom is 0.193 e. The molecular formula is C17H36IN5. The van der Waals surface area contributed by atoms with Crippen molar-refractivity contribution in [3.8, 4) is 0 Å². The highest BCUT2D eigenvalue weighted by Gasteiger charge is 2.31. The third-order valence-electron chi connectivity index (χ3n) is 4.98. The monoisotopic (exact) mass is 437 g/mol. The summed E-state index contributed by atoms with van der Waals surface area (Å²) in [5.74, 6) is 1.11. The quantitative estimate of drug-likeness (QED) is 0.414. The first-order valence-corrected chi connectivity index (χ1v) is 8.87. The highest BCUT2D eigenvalue weighted by molar-refractivity contribution is 14.0. The molecule has 6 heteroatoms. The van der Waals surface area contributed by atoms with Crippen LogP contribution in [0.15, 0.2) is 4.99 Å². The fourth-order valence-electron chi connectivity index (χ4n) is 3.32. The predicted octanol–water partition coefficient (Wildman–Crippen LogP) is 1.94. The summed E-state index contributed by atoms with van der Waals surface area (Å²) in [6.07, 6.45) is 1.26. The molecular weight excluding hydrogens is 401 g/mol. The van der Waals surface area contributed by atoms with Crippen molar-refractivity contribution < 1.29 is 0 Å². The van der Waals surface area contributed by atoms with Gasteiger partial charge in [0.05, 0.1) is 6.54 Å². The van der Waals surface area contributed by atoms with E-state index in [1.807, 2.05) is 0 Å². The van der Waals surface area contributed by atoms with Gasteiger partial charge in [0.1, 0.15) is 0 Å². The van der Waals surface area contributed by atoms with Crippen molar-refractivity contribution in [2.75, 3.05) is 59.4 Å². The summed E-state index contributed by atoms with van der Waals surface area (Å²) < 4.78 is 0. The third-order valence-corrected chi connectivity index (χ3v) is 4.98. The van der Waals surface area contributed by atoms with Crippen molar-refractivity contribution in [3.63, 3.8) is 0 Å². The Balaban J connectivity index is 0.00000264. The second-order valence-electron chi connectivity index (χ2n) is 7.72. The molecule has 1 atom stereocenters. The van der Waals surface area contributed by atoms with Gasteiger partial charge in [-0.2, -0.15) is 0 Å². The van der Waals surface area contributed by atoms with E-state index in [2.05, 4.69) is 54.8 Å². The van der Waals surface area contributed by atoms with Crippen LogP contribution in [0.3, 0.4) is 0 Å². The number of hydrogen-bond acceptors (Lipinski definition) is 3. The van der Waals surface area contributed by atoms with Crippen molar-refractivity contribution >= 4 is 29.9 Å². The van der Waals surface area contributed by atoms with Gasteiger partial charge in [0, 0.05) is 51.9 Å². The van der Waals surface area contributed by atoms with Crippen LogP contribution in [-0.2, 0) is 0 Å². The largest absolute Gasteiger partial charge is 0.357 e. The van der Waals surface area contributed by atoms with Gasteiger partial charge in [-0.15, -0.1) is 24.0 Å². The van der Waals surface area contributed by atoms with Crippen LogP contribution in [0.2, 0.25) is 0 Å². The summed E-state index contributed by atoms with van der Waals surface area (Å²) >= 11 is 0. The molecule has 0 bridgehead atoms. The standard InChI is InChI=1S/C17H35N5.HI/c1-6-18-16(22-8-7-17(3,4)14-22)19-13-15(2)21-11-9-20(5)10-12-21;/h15H,6-14H2,1-5H3,(H,18,19);1H. The molecule has 0 radical (unpaired) electrons. The van der Waals surface area contributed by atoms with Crippen molar-refractivity contribution in [1.82, 2.24) is 20.0 Å². The van der Waals surface area contributed by atoms with Gasteiger partial charge >= 0.3 is 0 Å². The molecule has 0 aromatic heterocycles. The molecule has 0 spiro atoms. The van der Waals surface area contributed by atoms with Gasteiger partial charge in [-0.1, -0.05) is 13.8 Å². The van der Waals surface area contributed by atoms with Crippen molar-refractivity contribution in [3.05, 3.63) is 0 Å². The smallest absolute Gasteiger partial charge is 0.193 e. The predicted molar refractivity (Wildman–Crippen MR) is 110 cm³/mol. The molecule has 0 amide bonds. The molecule has 5 nitrogen and oxygen atoms in total. The van der Waals surface area contributed by atoms with E-state index >= 15 is 0 Å². The molecule has 2 aliphatic heterocycles. The van der Waals surface area contributed by atoms with Crippen LogP contribution in [0.25, 0.3) is 0 Å². The summed E-state index contributed by atoms with van der Waals surface area (Å²) in [4.78, 5) is 12.3. The number of likely N-dealkylation sites (N-methyl/N-ethyl adjacent to an activating group) is 1. The molecule has 2 rings (SSSR count). The summed E-state index contributed by atoms with van der Waals surface area (Å²) in [5, 5.41) is 3.48. The number of guanidine groups is 1. The molecule has 2 aliphatic rings. The first kappa shape index (κ1) is 21.0. The molecule has 2 fully saturated rings. The first-order valence-electron chi connectivity index (χ1n) is 8.87. The van der Waals surface area contributed by atoms with Crippen LogP contribution in [0.5, 0.6) is 0 Å². The Labute approximate surface area is 159 Å². The molecule has 0 aromatic carbocycles. The second-order valence-corrected chi connectivity index (χ2v) is 7.72. The Hall–Kier alpha value is -0.0800. The lowest BCUT2D eigenvalue weighted by Crippen LogP contribution is -2.49. The first-order chi connectivity index (χ1) is 10.4. The fraction of sp³-hybridized carbons (Fsp3) is 0.941. The van der Waals surface area contributed by atoms with Crippen LogP contribution in [0, 0.1) is 5.41 Å². The molecule has 1 N–H and O–H groups in total. The Morgan fingerprint density at radius 2 is 1.83 bits per heavy atom. The number of hydrogen-bond donors (Lipinski definition) is 1. The topological polar surface area (TPSA) is 34.1 Å². The Morgan fingerprint density at radius 3 is 2.35 bits per heavy atom. The maximum atomic E-state index is 4.93. The lowest BCUT2D eigenvalue weighted by Gasteiger charge is -2.36. The normalized spacial score (nSPS) is 24.4. The molecule has 0 aliphatic carbocycles. The van der Waals surface area contributed by atoms with Gasteiger partial charge in [0.2, 0.25) is 0 Å². The Bertz CT molecular complexity index is 377. The third kappa shape index (κ3) is 6.38. The van der Waals surface area contributed by atoms with Gasteiger partial charge in [-0.25, -0.2) is 0 Å². The molecule has 23 heavy (non-hydrogen) atoms. The minimum Gasteiger partial charge on any atom is -0.357 e. The van der Waals surface area contributed by atoms with Crippen LogP contribution < -0.4 is 5.32 Å². The van der Waals surface area contributed by atoms with Gasteiger partial charge in [0.25, 0.3) is 0 Å². The van der Waals surface area contributed by atoms with Gasteiger partial charge in [-0.3, -0.25) is 9.89 Å². The number of likely N-dealkylation sites (tertiary alicyclic amines) is 1. The summed E-state index contributed by atoms with van der Waals surface area (Å²) in [5.41, 5.74) is 0.416. The summed E-state index contributed by atoms with van der Waals surface area (Å²) in [6.45, 7) is 17.9. The number of piperazine rings is 1. The molecule has 2 saturated heterocycles. The summed E-state index contributed by atoms with van der Waals surface area (Å²) in [7, 11) is 2.21. The van der Waals surface area contributed by atoms with Gasteiger partial charge < -0.3 is 15.1 Å². The van der Waals surface area contributed by atoms with Crippen molar-refractivity contribution in [2.24, 2.45) is 10.4 Å². The van der Waals surface area contributed by atoms with E-state index in [1.165, 1.54) is 32.6 Å². The Morgan fingerprint density at radius 1 is 1.17 bits per heavy atom. The number of rotatable bonds is 4. The highest BCUT2D eigenvalue weighted by atomic mass is 127. The zero-order valence-corrected chi connectivity index (χ0v) is 18.0. The Kier molecular flexibility index (Phi) is 8.58. The average molecular weight is 437 g/mol. The SMILES string of the molecule is CCNC(=NCC(C)N1CCN(C)CC1)N1CCC(C)(C)C1.I. The molecule has 136 valence electrons. The zero-order chi connectivity index (χ0) is 16.2. The van der Waals surface area contributed by atoms with Gasteiger partial charge in [0.15, 0.2) is 5.96 Å². The molecule has 0 saturated carbocycles. The molecule has 2 heterocycles. The highest BCUT2D eigenvalue weighted by Crippen LogP contribution is 2.28. The van der Waals surface area contributed by atoms with Crippen LogP contribution in [0.1, 0.15) is 34.1 Å². The van der Waals surface area contributed by atoms with E-state index in [1.54, 1.807) is 0 Å². The number of aliphatic imine (C=N–C) groups is 1. The maximum absolute atomic E-state index is 4.93. The minimum atomic E-state index is 0. The van der Waals surface area contributed by atoms with E-state index in [0.29, 0.717) is 11.5 Å². The number of nitrogens with one attached hydrogen (secondary N) is 1. The lowest BCUT2D eigenvalue weighted by molar-refractivity contribution is 0.122. The van der Waals surface area contributed by atoms with E-state index in [9.17, 15) is 0 Å². The van der Waals surface area contributed by atoms with Crippen molar-refractivity contribution in [2.45, 2.75) is 40.2 Å². The lowest BCUT2D eigenvalue weighted by atomic mass is 9.93. The van der Waals surface area contributed by atoms with Crippen LogP contribution in [0.4, 0.5) is 0 Å². The average Bonchev–Trinajstić information content (AvgIpc) is 2.84. The van der Waals surface area contributed by atoms with Gasteiger partial charge in [-0.05, 0) is 32.7 Å². The number of nitrogens with zero attached hydrogens (tertiary/aromatic N) is 4. The second kappa shape index (κ2) is 9.42. The van der Waals surface area contributed by atoms with E-state index in [4.69, 9.17) is 4.99 Å². The number of halogens is 1. The van der Waals surface area contributed by atoms with Crippen LogP contribution >= 0.6 is 24.0 Å². The van der Waals surface area contributed by atoms with E-state index in [0.717, 1.165) is 32.1 Å².